The summed E-state index contributed by atoms with van der Waals surface area (Å²) in [5.74, 6) is -0.745. The molecule has 19 heavy (non-hydrogen) atoms. The maximum Gasteiger partial charge on any atom is 0.124 e. The van der Waals surface area contributed by atoms with Crippen molar-refractivity contribution in [3.8, 4) is 6.07 Å². The SMILES string of the molecule is CN(Cc1cccc(F)c1)c1ccc(F)cc1C#N. The van der Waals surface area contributed by atoms with Crippen LogP contribution in [0.2, 0.25) is 0 Å². The second-order valence-electron chi connectivity index (χ2n) is 4.26. The average molecular weight is 258 g/mol. The molecule has 0 aromatic heterocycles. The maximum absolute atomic E-state index is 13.1. The predicted molar refractivity (Wildman–Crippen MR) is 69.6 cm³/mol. The molecule has 0 atom stereocenters. The van der Waals surface area contributed by atoms with Crippen LogP contribution in [0.1, 0.15) is 11.1 Å². The third kappa shape index (κ3) is 3.08. The fraction of sp³-hybridized carbons (Fsp3) is 0.133. The van der Waals surface area contributed by atoms with Crippen molar-refractivity contribution in [2.75, 3.05) is 11.9 Å². The van der Waals surface area contributed by atoms with Crippen molar-refractivity contribution in [1.82, 2.24) is 0 Å². The van der Waals surface area contributed by atoms with Gasteiger partial charge in [-0.05, 0) is 35.9 Å². The molecule has 0 amide bonds. The van der Waals surface area contributed by atoms with E-state index in [0.29, 0.717) is 12.2 Å². The minimum atomic E-state index is -0.445. The minimum Gasteiger partial charge on any atom is -0.369 e. The summed E-state index contributed by atoms with van der Waals surface area (Å²) in [6.45, 7) is 0.443. The second kappa shape index (κ2) is 5.49. The summed E-state index contributed by atoms with van der Waals surface area (Å²) in [5, 5.41) is 9.00. The lowest BCUT2D eigenvalue weighted by Gasteiger charge is -2.20. The van der Waals surface area contributed by atoms with E-state index >= 15 is 0 Å². The fourth-order valence-corrected chi connectivity index (χ4v) is 1.93. The summed E-state index contributed by atoms with van der Waals surface area (Å²) in [7, 11) is 1.78. The Morgan fingerprint density at radius 1 is 1.11 bits per heavy atom. The van der Waals surface area contributed by atoms with Crippen molar-refractivity contribution in [2.24, 2.45) is 0 Å². The van der Waals surface area contributed by atoms with Crippen LogP contribution >= 0.6 is 0 Å². The number of anilines is 1. The molecule has 4 heteroatoms. The van der Waals surface area contributed by atoms with E-state index in [4.69, 9.17) is 5.26 Å². The molecule has 0 aliphatic rings. The molecule has 0 saturated carbocycles. The van der Waals surface area contributed by atoms with Crippen molar-refractivity contribution in [3.05, 3.63) is 65.2 Å². The third-order valence-corrected chi connectivity index (χ3v) is 2.80. The Morgan fingerprint density at radius 2 is 1.84 bits per heavy atom. The van der Waals surface area contributed by atoms with Crippen LogP contribution in [0.15, 0.2) is 42.5 Å². The number of hydrogen-bond donors (Lipinski definition) is 0. The van der Waals surface area contributed by atoms with Crippen molar-refractivity contribution >= 4 is 5.69 Å². The summed E-state index contributed by atoms with van der Waals surface area (Å²) in [4.78, 5) is 1.78. The lowest BCUT2D eigenvalue weighted by atomic mass is 10.1. The molecule has 0 unspecified atom stereocenters. The van der Waals surface area contributed by atoms with Crippen LogP contribution in [0.3, 0.4) is 0 Å². The van der Waals surface area contributed by atoms with Gasteiger partial charge in [0.25, 0.3) is 0 Å². The van der Waals surface area contributed by atoms with E-state index in [1.807, 2.05) is 6.07 Å². The molecule has 2 aromatic rings. The first-order valence-electron chi connectivity index (χ1n) is 5.75. The largest absolute Gasteiger partial charge is 0.369 e. The lowest BCUT2D eigenvalue weighted by molar-refractivity contribution is 0.625. The fourth-order valence-electron chi connectivity index (χ4n) is 1.93. The molecule has 0 saturated heterocycles. The maximum atomic E-state index is 13.1. The van der Waals surface area contributed by atoms with Crippen molar-refractivity contribution < 1.29 is 8.78 Å². The Bertz CT molecular complexity index is 632. The van der Waals surface area contributed by atoms with E-state index in [9.17, 15) is 8.78 Å². The summed E-state index contributed by atoms with van der Waals surface area (Å²) in [6.07, 6.45) is 0. The molecule has 0 spiro atoms. The van der Waals surface area contributed by atoms with Gasteiger partial charge in [0.2, 0.25) is 0 Å². The topological polar surface area (TPSA) is 27.0 Å². The zero-order chi connectivity index (χ0) is 13.8. The lowest BCUT2D eigenvalue weighted by Crippen LogP contribution is -2.17. The summed E-state index contributed by atoms with van der Waals surface area (Å²) in [6, 6.07) is 12.3. The number of nitriles is 1. The Labute approximate surface area is 110 Å². The molecule has 0 radical (unpaired) electrons. The van der Waals surface area contributed by atoms with Crippen LogP contribution in [0.25, 0.3) is 0 Å². The summed E-state index contributed by atoms with van der Waals surface area (Å²) in [5.41, 5.74) is 1.67. The van der Waals surface area contributed by atoms with Gasteiger partial charge in [-0.15, -0.1) is 0 Å². The summed E-state index contributed by atoms with van der Waals surface area (Å²) >= 11 is 0. The van der Waals surface area contributed by atoms with Crippen molar-refractivity contribution in [2.45, 2.75) is 6.54 Å². The first-order chi connectivity index (χ1) is 9.10. The first kappa shape index (κ1) is 13.0. The van der Waals surface area contributed by atoms with Crippen LogP contribution in [0, 0.1) is 23.0 Å². The zero-order valence-electron chi connectivity index (χ0n) is 10.4. The normalized spacial score (nSPS) is 10.0. The van der Waals surface area contributed by atoms with E-state index < -0.39 is 5.82 Å². The van der Waals surface area contributed by atoms with Crippen LogP contribution in [-0.2, 0) is 6.54 Å². The molecule has 0 bridgehead atoms. The zero-order valence-corrected chi connectivity index (χ0v) is 10.4. The molecular formula is C15H12F2N2. The molecular weight excluding hydrogens is 246 g/mol. The molecule has 0 heterocycles. The second-order valence-corrected chi connectivity index (χ2v) is 4.26. The Morgan fingerprint density at radius 3 is 2.53 bits per heavy atom. The Kier molecular flexibility index (Phi) is 3.76. The standard InChI is InChI=1S/C15H12F2N2/c1-19(10-11-3-2-4-13(16)7-11)15-6-5-14(17)8-12(15)9-18/h2-8H,10H2,1H3. The van der Waals surface area contributed by atoms with Crippen LogP contribution in [0.5, 0.6) is 0 Å². The Hall–Kier alpha value is -2.41. The molecule has 0 aliphatic carbocycles. The third-order valence-electron chi connectivity index (χ3n) is 2.80. The van der Waals surface area contributed by atoms with Gasteiger partial charge in [-0.1, -0.05) is 12.1 Å². The molecule has 2 aromatic carbocycles. The average Bonchev–Trinajstić information content (AvgIpc) is 2.38. The van der Waals surface area contributed by atoms with Gasteiger partial charge in [0.1, 0.15) is 17.7 Å². The van der Waals surface area contributed by atoms with E-state index in [0.717, 1.165) is 5.56 Å². The van der Waals surface area contributed by atoms with Gasteiger partial charge in [-0.25, -0.2) is 8.78 Å². The van der Waals surface area contributed by atoms with Crippen molar-refractivity contribution in [1.29, 1.82) is 5.26 Å². The molecule has 0 aliphatic heterocycles. The Balaban J connectivity index is 2.25. The molecule has 96 valence electrons. The number of hydrogen-bond acceptors (Lipinski definition) is 2. The van der Waals surface area contributed by atoms with E-state index in [-0.39, 0.29) is 11.4 Å². The van der Waals surface area contributed by atoms with Gasteiger partial charge in [0.05, 0.1) is 11.3 Å². The predicted octanol–water partition coefficient (Wildman–Crippen LogP) is 3.47. The van der Waals surface area contributed by atoms with Crippen LogP contribution in [0.4, 0.5) is 14.5 Å². The highest BCUT2D eigenvalue weighted by Gasteiger charge is 2.09. The number of rotatable bonds is 3. The molecule has 0 fully saturated rings. The smallest absolute Gasteiger partial charge is 0.124 e. The van der Waals surface area contributed by atoms with Gasteiger partial charge in [-0.2, -0.15) is 5.26 Å². The highest BCUT2D eigenvalue weighted by Crippen LogP contribution is 2.21. The van der Waals surface area contributed by atoms with Gasteiger partial charge < -0.3 is 4.90 Å². The first-order valence-corrected chi connectivity index (χ1v) is 5.75. The van der Waals surface area contributed by atoms with Gasteiger partial charge >= 0.3 is 0 Å². The van der Waals surface area contributed by atoms with E-state index in [1.54, 1.807) is 30.1 Å². The molecule has 0 N–H and O–H groups in total. The molecule has 2 nitrogen and oxygen atoms in total. The summed E-state index contributed by atoms with van der Waals surface area (Å²) < 4.78 is 26.2. The number of nitrogens with zero attached hydrogens (tertiary/aromatic N) is 2. The van der Waals surface area contributed by atoms with Crippen LogP contribution in [-0.4, -0.2) is 7.05 Å². The van der Waals surface area contributed by atoms with Gasteiger partial charge in [-0.3, -0.25) is 0 Å². The highest BCUT2D eigenvalue weighted by molar-refractivity contribution is 5.59. The van der Waals surface area contributed by atoms with Crippen molar-refractivity contribution in [3.63, 3.8) is 0 Å². The quantitative estimate of drug-likeness (QED) is 0.842. The van der Waals surface area contributed by atoms with E-state index in [2.05, 4.69) is 0 Å². The van der Waals surface area contributed by atoms with Gasteiger partial charge in [0.15, 0.2) is 0 Å². The van der Waals surface area contributed by atoms with Crippen LogP contribution < -0.4 is 4.90 Å². The highest BCUT2D eigenvalue weighted by atomic mass is 19.1. The van der Waals surface area contributed by atoms with Gasteiger partial charge in [0, 0.05) is 13.6 Å². The minimum absolute atomic E-state index is 0.263. The monoisotopic (exact) mass is 258 g/mol. The van der Waals surface area contributed by atoms with E-state index in [1.165, 1.54) is 24.3 Å². The molecule has 2 rings (SSSR count). The number of halogens is 2. The number of benzene rings is 2.